The van der Waals surface area contributed by atoms with E-state index in [2.05, 4.69) is 20.9 Å². The minimum atomic E-state index is -0.787. The molecule has 5 heteroatoms. The summed E-state index contributed by atoms with van der Waals surface area (Å²) in [7, 11) is 0. The van der Waals surface area contributed by atoms with Crippen LogP contribution in [0.1, 0.15) is 30.1 Å². The monoisotopic (exact) mass is 334 g/mol. The first-order valence-electron chi connectivity index (χ1n) is 6.64. The molecular formula is C15H15BrN2O2. The number of aryl methyl sites for hydroxylation is 1. The number of nitrogens with zero attached hydrogens (tertiary/aromatic N) is 2. The van der Waals surface area contributed by atoms with Gasteiger partial charge in [0.15, 0.2) is 0 Å². The van der Waals surface area contributed by atoms with Crippen LogP contribution in [0, 0.1) is 6.92 Å². The maximum atomic E-state index is 11.5. The molecule has 0 radical (unpaired) electrons. The Kier molecular flexibility index (Phi) is 3.38. The maximum Gasteiger partial charge on any atom is 0.326 e. The smallest absolute Gasteiger partial charge is 0.326 e. The number of imidazole rings is 1. The van der Waals surface area contributed by atoms with Gasteiger partial charge in [0.25, 0.3) is 0 Å². The van der Waals surface area contributed by atoms with Crippen molar-refractivity contribution in [2.75, 3.05) is 0 Å². The Morgan fingerprint density at radius 1 is 1.50 bits per heavy atom. The number of hydrogen-bond donors (Lipinski definition) is 1. The molecule has 3 rings (SSSR count). The number of halogens is 1. The average Bonchev–Trinajstić information content (AvgIpc) is 2.76. The Morgan fingerprint density at radius 2 is 2.30 bits per heavy atom. The number of aliphatic carboxylic acids is 1. The second-order valence-electron chi connectivity index (χ2n) is 5.16. The predicted molar refractivity (Wildman–Crippen MR) is 79.7 cm³/mol. The van der Waals surface area contributed by atoms with Crippen molar-refractivity contribution in [2.45, 2.75) is 32.2 Å². The van der Waals surface area contributed by atoms with E-state index >= 15 is 0 Å². The first-order valence-corrected chi connectivity index (χ1v) is 7.43. The quantitative estimate of drug-likeness (QED) is 0.913. The molecule has 1 aromatic carbocycles. The van der Waals surface area contributed by atoms with Crippen molar-refractivity contribution in [3.8, 4) is 11.4 Å². The molecule has 1 N–H and O–H groups in total. The summed E-state index contributed by atoms with van der Waals surface area (Å²) in [6, 6.07) is 7.48. The molecule has 2 heterocycles. The summed E-state index contributed by atoms with van der Waals surface area (Å²) < 4.78 is 2.64. The Hall–Kier alpha value is -1.62. The van der Waals surface area contributed by atoms with Gasteiger partial charge in [0.2, 0.25) is 0 Å². The number of fused-ring (bicyclic) bond motifs is 1. The van der Waals surface area contributed by atoms with E-state index in [1.54, 1.807) is 0 Å². The molecule has 104 valence electrons. The Morgan fingerprint density at radius 3 is 3.00 bits per heavy atom. The molecule has 0 fully saturated rings. The van der Waals surface area contributed by atoms with Crippen molar-refractivity contribution in [3.05, 3.63) is 40.1 Å². The predicted octanol–water partition coefficient (Wildman–Crippen LogP) is 3.58. The van der Waals surface area contributed by atoms with Gasteiger partial charge in [-0.05, 0) is 48.2 Å². The van der Waals surface area contributed by atoms with Crippen LogP contribution in [0.5, 0.6) is 0 Å². The van der Waals surface area contributed by atoms with Crippen LogP contribution in [0.15, 0.2) is 28.9 Å². The fourth-order valence-corrected chi connectivity index (χ4v) is 3.37. The van der Waals surface area contributed by atoms with Crippen molar-refractivity contribution >= 4 is 21.9 Å². The van der Waals surface area contributed by atoms with E-state index in [9.17, 15) is 9.90 Å². The summed E-state index contributed by atoms with van der Waals surface area (Å²) in [6.45, 7) is 2.02. The molecule has 1 unspecified atom stereocenters. The SMILES string of the molecule is Cc1cccc(-c2nc(Br)c3n2C(C(=O)O)CCC3)c1. The lowest BCUT2D eigenvalue weighted by molar-refractivity contribution is -0.141. The standard InChI is InChI=1S/C15H15BrN2O2/c1-9-4-2-5-10(8-9)14-17-13(16)11-6-3-7-12(15(19)20)18(11)14/h2,4-5,8,12H,3,6-7H2,1H3,(H,19,20). The number of carboxylic acid groups (broad SMARTS) is 1. The maximum absolute atomic E-state index is 11.5. The zero-order chi connectivity index (χ0) is 14.3. The van der Waals surface area contributed by atoms with Crippen LogP contribution in [0.2, 0.25) is 0 Å². The van der Waals surface area contributed by atoms with Gasteiger partial charge >= 0.3 is 5.97 Å². The van der Waals surface area contributed by atoms with Gasteiger partial charge in [-0.1, -0.05) is 23.8 Å². The van der Waals surface area contributed by atoms with Crippen molar-refractivity contribution < 1.29 is 9.90 Å². The van der Waals surface area contributed by atoms with Crippen LogP contribution in [-0.4, -0.2) is 20.6 Å². The van der Waals surface area contributed by atoms with Crippen LogP contribution in [0.4, 0.5) is 0 Å². The van der Waals surface area contributed by atoms with Crippen molar-refractivity contribution in [1.82, 2.24) is 9.55 Å². The molecule has 0 spiro atoms. The minimum Gasteiger partial charge on any atom is -0.480 e. The van der Waals surface area contributed by atoms with E-state index in [1.165, 1.54) is 0 Å². The highest BCUT2D eigenvalue weighted by Gasteiger charge is 2.31. The average molecular weight is 335 g/mol. The molecule has 2 aromatic rings. The summed E-state index contributed by atoms with van der Waals surface area (Å²) in [6.07, 6.45) is 2.40. The van der Waals surface area contributed by atoms with E-state index in [4.69, 9.17) is 0 Å². The molecule has 1 atom stereocenters. The van der Waals surface area contributed by atoms with Crippen LogP contribution < -0.4 is 0 Å². The highest BCUT2D eigenvalue weighted by atomic mass is 79.9. The molecule has 1 aliphatic heterocycles. The number of hydrogen-bond acceptors (Lipinski definition) is 2. The molecule has 0 amide bonds. The van der Waals surface area contributed by atoms with E-state index in [0.29, 0.717) is 6.42 Å². The normalized spacial score (nSPS) is 17.8. The van der Waals surface area contributed by atoms with Crippen LogP contribution >= 0.6 is 15.9 Å². The fourth-order valence-electron chi connectivity index (χ4n) is 2.81. The van der Waals surface area contributed by atoms with Gasteiger partial charge in [0.1, 0.15) is 16.5 Å². The number of rotatable bonds is 2. The summed E-state index contributed by atoms with van der Waals surface area (Å²) in [5.74, 6) is -0.0487. The van der Waals surface area contributed by atoms with Crippen LogP contribution in [0.3, 0.4) is 0 Å². The summed E-state index contributed by atoms with van der Waals surface area (Å²) in [5.41, 5.74) is 3.09. The highest BCUT2D eigenvalue weighted by molar-refractivity contribution is 9.10. The van der Waals surface area contributed by atoms with Crippen molar-refractivity contribution in [1.29, 1.82) is 0 Å². The second kappa shape index (κ2) is 5.05. The van der Waals surface area contributed by atoms with Crippen LogP contribution in [0.25, 0.3) is 11.4 Å². The zero-order valence-corrected chi connectivity index (χ0v) is 12.7. The lowest BCUT2D eigenvalue weighted by atomic mass is 10.0. The third kappa shape index (κ3) is 2.16. The van der Waals surface area contributed by atoms with Gasteiger partial charge in [-0.2, -0.15) is 0 Å². The fraction of sp³-hybridized carbons (Fsp3) is 0.333. The molecular weight excluding hydrogens is 320 g/mol. The Bertz CT molecular complexity index is 679. The third-order valence-corrected chi connectivity index (χ3v) is 4.36. The lowest BCUT2D eigenvalue weighted by Gasteiger charge is -2.24. The van der Waals surface area contributed by atoms with E-state index in [1.807, 2.05) is 35.8 Å². The van der Waals surface area contributed by atoms with E-state index < -0.39 is 12.0 Å². The van der Waals surface area contributed by atoms with E-state index in [0.717, 1.165) is 40.1 Å². The topological polar surface area (TPSA) is 55.1 Å². The number of carbonyl (C=O) groups is 1. The van der Waals surface area contributed by atoms with Gasteiger partial charge < -0.3 is 9.67 Å². The molecule has 20 heavy (non-hydrogen) atoms. The highest BCUT2D eigenvalue weighted by Crippen LogP contribution is 2.35. The molecule has 4 nitrogen and oxygen atoms in total. The number of carboxylic acids is 1. The summed E-state index contributed by atoms with van der Waals surface area (Å²) >= 11 is 3.47. The number of benzene rings is 1. The first kappa shape index (κ1) is 13.4. The van der Waals surface area contributed by atoms with Crippen LogP contribution in [-0.2, 0) is 11.2 Å². The van der Waals surface area contributed by atoms with Gasteiger partial charge in [-0.15, -0.1) is 0 Å². The lowest BCUT2D eigenvalue weighted by Crippen LogP contribution is -2.25. The summed E-state index contributed by atoms with van der Waals surface area (Å²) in [5, 5.41) is 9.46. The number of aromatic nitrogens is 2. The Labute approximate surface area is 125 Å². The summed E-state index contributed by atoms with van der Waals surface area (Å²) in [4.78, 5) is 16.1. The van der Waals surface area contributed by atoms with Crippen molar-refractivity contribution in [2.24, 2.45) is 0 Å². The van der Waals surface area contributed by atoms with Gasteiger partial charge in [0, 0.05) is 5.56 Å². The second-order valence-corrected chi connectivity index (χ2v) is 5.91. The van der Waals surface area contributed by atoms with Gasteiger partial charge in [-0.25, -0.2) is 9.78 Å². The van der Waals surface area contributed by atoms with Gasteiger partial charge in [0.05, 0.1) is 5.69 Å². The van der Waals surface area contributed by atoms with Gasteiger partial charge in [-0.3, -0.25) is 0 Å². The molecule has 1 aliphatic rings. The van der Waals surface area contributed by atoms with E-state index in [-0.39, 0.29) is 0 Å². The largest absolute Gasteiger partial charge is 0.480 e. The minimum absolute atomic E-state index is 0.520. The molecule has 0 aliphatic carbocycles. The molecule has 0 bridgehead atoms. The molecule has 1 aromatic heterocycles. The van der Waals surface area contributed by atoms with Crippen molar-refractivity contribution in [3.63, 3.8) is 0 Å². The molecule has 0 saturated carbocycles. The zero-order valence-electron chi connectivity index (χ0n) is 11.1. The molecule has 0 saturated heterocycles. The third-order valence-electron chi connectivity index (χ3n) is 3.73. The Balaban J connectivity index is 2.20. The first-order chi connectivity index (χ1) is 9.58.